The summed E-state index contributed by atoms with van der Waals surface area (Å²) in [7, 11) is 0. The van der Waals surface area contributed by atoms with Crippen molar-refractivity contribution >= 4 is 29.2 Å². The molecule has 2 bridgehead atoms. The van der Waals surface area contributed by atoms with Gasteiger partial charge in [-0.25, -0.2) is 4.79 Å². The maximum atomic E-state index is 11.3. The Balaban J connectivity index is 1.09. The lowest BCUT2D eigenvalue weighted by atomic mass is 9.58. The molecule has 9 nitrogen and oxygen atoms in total. The van der Waals surface area contributed by atoms with Gasteiger partial charge in [-0.2, -0.15) is 4.98 Å². The fourth-order valence-electron chi connectivity index (χ4n) is 6.19. The van der Waals surface area contributed by atoms with Gasteiger partial charge in [-0.1, -0.05) is 39.6 Å². The van der Waals surface area contributed by atoms with Crippen molar-refractivity contribution in [2.24, 2.45) is 0 Å². The van der Waals surface area contributed by atoms with Crippen molar-refractivity contribution < 1.29 is 23.7 Å². The smallest absolute Gasteiger partial charge is 0.335 e. The van der Waals surface area contributed by atoms with Crippen LogP contribution >= 0.6 is 23.2 Å². The minimum absolute atomic E-state index is 0.129. The molecule has 3 heterocycles. The van der Waals surface area contributed by atoms with Crippen LogP contribution < -0.4 is 0 Å². The number of fused-ring (bicyclic) bond motifs is 3. The Morgan fingerprint density at radius 1 is 1.02 bits per heavy atom. The molecule has 11 heteroatoms. The van der Waals surface area contributed by atoms with Crippen LogP contribution in [0.2, 0.25) is 10.0 Å². The molecule has 206 valence electrons. The van der Waals surface area contributed by atoms with Crippen LogP contribution in [0.3, 0.4) is 0 Å². The lowest BCUT2D eigenvalue weighted by molar-refractivity contribution is -0.130. The molecule has 3 aromatic heterocycles. The van der Waals surface area contributed by atoms with Crippen LogP contribution in [0.4, 0.5) is 0 Å². The highest BCUT2D eigenvalue weighted by atomic mass is 35.5. The zero-order valence-electron chi connectivity index (χ0n) is 21.5. The summed E-state index contributed by atoms with van der Waals surface area (Å²) in [5, 5.41) is 18.9. The number of pyridine rings is 1. The van der Waals surface area contributed by atoms with E-state index in [0.29, 0.717) is 51.2 Å². The number of hydrogen-bond acceptors (Lipinski definition) is 8. The Kier molecular flexibility index (Phi) is 6.21. The molecule has 1 N–H and O–H groups in total. The molecule has 0 radical (unpaired) electrons. The zero-order valence-corrected chi connectivity index (χ0v) is 23.0. The summed E-state index contributed by atoms with van der Waals surface area (Å²) in [6, 6.07) is 8.33. The van der Waals surface area contributed by atoms with Gasteiger partial charge in [-0.15, -0.1) is 0 Å². The summed E-state index contributed by atoms with van der Waals surface area (Å²) in [6.07, 6.45) is 8.77. The Bertz CT molecular complexity index is 1570. The summed E-state index contributed by atoms with van der Waals surface area (Å²) in [4.78, 5) is 20.2. The molecule has 0 aliphatic heterocycles. The second-order valence-electron chi connectivity index (χ2n) is 11.2. The Hall–Kier alpha value is -3.27. The van der Waals surface area contributed by atoms with Gasteiger partial charge in [0, 0.05) is 23.2 Å². The molecule has 4 aromatic rings. The summed E-state index contributed by atoms with van der Waals surface area (Å²) in [5.74, 6) is 1.10. The molecule has 0 spiro atoms. The molecule has 4 aliphatic rings. The fourth-order valence-corrected chi connectivity index (χ4v) is 6.77. The molecule has 1 aromatic carbocycles. The van der Waals surface area contributed by atoms with Gasteiger partial charge in [-0.3, -0.25) is 4.98 Å². The fraction of sp³-hybridized carbons (Fsp3) is 0.414. The number of ether oxygens (including phenoxy) is 1. The first-order valence-corrected chi connectivity index (χ1v) is 14.2. The highest BCUT2D eigenvalue weighted by molar-refractivity contribution is 6.39. The summed E-state index contributed by atoms with van der Waals surface area (Å²) in [6.45, 7) is 0.384. The second-order valence-corrected chi connectivity index (χ2v) is 12.0. The number of carboxylic acid groups (broad SMARTS) is 1. The number of nitrogens with zero attached hydrogens (tertiary/aromatic N) is 4. The Morgan fingerprint density at radius 3 is 2.42 bits per heavy atom. The number of carboxylic acids is 1. The lowest BCUT2D eigenvalue weighted by Gasteiger charge is -2.51. The van der Waals surface area contributed by atoms with E-state index in [9.17, 15) is 9.90 Å². The van der Waals surface area contributed by atoms with Crippen LogP contribution in [0, 0.1) is 0 Å². The molecular formula is C29H26Cl2N4O5. The third-order valence-electron chi connectivity index (χ3n) is 8.78. The third-order valence-corrected chi connectivity index (χ3v) is 9.41. The maximum Gasteiger partial charge on any atom is 0.335 e. The van der Waals surface area contributed by atoms with Crippen LogP contribution in [0.15, 0.2) is 45.6 Å². The minimum atomic E-state index is -1.03. The molecule has 8 rings (SSSR count). The van der Waals surface area contributed by atoms with Crippen LogP contribution in [-0.4, -0.2) is 37.0 Å². The van der Waals surface area contributed by atoms with E-state index in [4.69, 9.17) is 37.0 Å². The summed E-state index contributed by atoms with van der Waals surface area (Å²) in [5.41, 5.74) is 2.32. The second kappa shape index (κ2) is 9.68. The van der Waals surface area contributed by atoms with Crippen molar-refractivity contribution in [2.45, 2.75) is 74.9 Å². The molecule has 4 fully saturated rings. The van der Waals surface area contributed by atoms with Crippen molar-refractivity contribution in [3.8, 4) is 22.8 Å². The zero-order chi connectivity index (χ0) is 27.5. The normalized spacial score (nSPS) is 23.9. The van der Waals surface area contributed by atoms with E-state index in [1.54, 1.807) is 12.1 Å². The predicted molar refractivity (Wildman–Crippen MR) is 145 cm³/mol. The topological polar surface area (TPSA) is 124 Å². The molecule has 0 saturated heterocycles. The van der Waals surface area contributed by atoms with E-state index in [-0.39, 0.29) is 16.6 Å². The average molecular weight is 581 g/mol. The van der Waals surface area contributed by atoms with Gasteiger partial charge in [0.2, 0.25) is 11.7 Å². The highest BCUT2D eigenvalue weighted by Gasteiger charge is 2.53. The number of aromatic carboxylic acids is 1. The van der Waals surface area contributed by atoms with E-state index in [1.165, 1.54) is 18.3 Å². The van der Waals surface area contributed by atoms with Gasteiger partial charge in [0.25, 0.3) is 0 Å². The standard InChI is InChI=1S/C29H26Cl2N4O5/c30-19-2-1-3-20(31)22(19)23-18(24(39-34-23)16-4-5-16)15-38-29-10-7-28(8-11-29,9-12-29)27-33-25(35-40-27)21-14-17(26(36)37)6-13-32-21/h1-3,6,13-14,16H,4-5,7-12,15H2,(H,36,37). The monoisotopic (exact) mass is 580 g/mol. The summed E-state index contributed by atoms with van der Waals surface area (Å²) < 4.78 is 18.3. The van der Waals surface area contributed by atoms with E-state index >= 15 is 0 Å². The summed E-state index contributed by atoms with van der Waals surface area (Å²) >= 11 is 13.1. The number of carbonyl (C=O) groups is 1. The van der Waals surface area contributed by atoms with E-state index < -0.39 is 5.97 Å². The van der Waals surface area contributed by atoms with Crippen molar-refractivity contribution in [3.05, 3.63) is 69.4 Å². The molecular weight excluding hydrogens is 555 g/mol. The van der Waals surface area contributed by atoms with Gasteiger partial charge in [-0.05, 0) is 75.6 Å². The van der Waals surface area contributed by atoms with E-state index in [2.05, 4.69) is 20.3 Å². The number of benzene rings is 1. The molecule has 0 unspecified atom stereocenters. The van der Waals surface area contributed by atoms with E-state index in [1.807, 2.05) is 6.07 Å². The minimum Gasteiger partial charge on any atom is -0.478 e. The Morgan fingerprint density at radius 2 is 1.75 bits per heavy atom. The molecule has 4 aliphatic carbocycles. The first-order chi connectivity index (χ1) is 19.4. The molecule has 40 heavy (non-hydrogen) atoms. The SMILES string of the molecule is O=C(O)c1ccnc(-c2noc(C34CCC(OCc5c(-c6c(Cl)cccc6Cl)noc5C5CC5)(CC3)CC4)n2)c1. The van der Waals surface area contributed by atoms with Crippen LogP contribution in [0.25, 0.3) is 22.8 Å². The van der Waals surface area contributed by atoms with Crippen LogP contribution in [0.1, 0.15) is 84.9 Å². The van der Waals surface area contributed by atoms with Gasteiger partial charge in [0.1, 0.15) is 17.1 Å². The predicted octanol–water partition coefficient (Wildman–Crippen LogP) is 7.23. The van der Waals surface area contributed by atoms with Gasteiger partial charge >= 0.3 is 5.97 Å². The van der Waals surface area contributed by atoms with Crippen molar-refractivity contribution in [1.29, 1.82) is 0 Å². The highest BCUT2D eigenvalue weighted by Crippen LogP contribution is 2.55. The lowest BCUT2D eigenvalue weighted by Crippen LogP contribution is -2.49. The van der Waals surface area contributed by atoms with Crippen LogP contribution in [0.5, 0.6) is 0 Å². The number of hydrogen-bond donors (Lipinski definition) is 1. The first kappa shape index (κ1) is 25.7. The van der Waals surface area contributed by atoms with Gasteiger partial charge in [0.15, 0.2) is 0 Å². The number of aromatic nitrogens is 4. The molecule has 0 atom stereocenters. The van der Waals surface area contributed by atoms with Crippen molar-refractivity contribution in [3.63, 3.8) is 0 Å². The maximum absolute atomic E-state index is 11.3. The van der Waals surface area contributed by atoms with Crippen molar-refractivity contribution in [1.82, 2.24) is 20.3 Å². The van der Waals surface area contributed by atoms with Gasteiger partial charge < -0.3 is 18.9 Å². The van der Waals surface area contributed by atoms with E-state index in [0.717, 1.165) is 62.7 Å². The molecule has 0 amide bonds. The number of rotatable bonds is 8. The first-order valence-electron chi connectivity index (χ1n) is 13.5. The largest absolute Gasteiger partial charge is 0.478 e. The molecule has 4 saturated carbocycles. The Labute approximate surface area is 239 Å². The quantitative estimate of drug-likeness (QED) is 0.229. The van der Waals surface area contributed by atoms with Crippen molar-refractivity contribution in [2.75, 3.05) is 0 Å². The van der Waals surface area contributed by atoms with Crippen LogP contribution in [-0.2, 0) is 16.8 Å². The van der Waals surface area contributed by atoms with Gasteiger partial charge in [0.05, 0.1) is 33.2 Å². The number of halogens is 2. The third kappa shape index (κ3) is 4.40. The average Bonchev–Trinajstić information content (AvgIpc) is 3.53.